The molecule has 2 rings (SSSR count). The minimum atomic E-state index is 0.434. The van der Waals surface area contributed by atoms with Gasteiger partial charge in [0.2, 0.25) is 0 Å². The molecule has 0 fully saturated rings. The molecule has 0 bridgehead atoms. The maximum Gasteiger partial charge on any atom is 0.156 e. The highest BCUT2D eigenvalue weighted by Gasteiger charge is 2.06. The highest BCUT2D eigenvalue weighted by Crippen LogP contribution is 2.21. The van der Waals surface area contributed by atoms with Gasteiger partial charge in [-0.15, -0.1) is 0 Å². The van der Waals surface area contributed by atoms with Gasteiger partial charge in [-0.2, -0.15) is 0 Å². The molecule has 0 aliphatic carbocycles. The molecule has 2 aromatic rings. The van der Waals surface area contributed by atoms with Gasteiger partial charge in [-0.3, -0.25) is 0 Å². The second-order valence-electron chi connectivity index (χ2n) is 4.00. The number of hydrogen-bond acceptors (Lipinski definition) is 2. The van der Waals surface area contributed by atoms with E-state index in [2.05, 4.69) is 24.1 Å². The Morgan fingerprint density at radius 3 is 2.81 bits per heavy atom. The number of fused-ring (bicyclic) bond motifs is 1. The van der Waals surface area contributed by atoms with E-state index in [0.717, 1.165) is 17.9 Å². The smallest absolute Gasteiger partial charge is 0.156 e. The molecule has 0 saturated heterocycles. The Hall–Kier alpha value is -0.770. The van der Waals surface area contributed by atoms with Crippen LogP contribution in [0.25, 0.3) is 5.65 Å². The van der Waals surface area contributed by atoms with Gasteiger partial charge >= 0.3 is 0 Å². The molecule has 0 amide bonds. The zero-order chi connectivity index (χ0) is 11.7. The summed E-state index contributed by atoms with van der Waals surface area (Å²) < 4.78 is 1.85. The number of aromatic nitrogens is 2. The summed E-state index contributed by atoms with van der Waals surface area (Å²) in [6.07, 6.45) is 3.73. The molecule has 0 aliphatic rings. The van der Waals surface area contributed by atoms with Crippen LogP contribution in [0.15, 0.2) is 18.5 Å². The third kappa shape index (κ3) is 2.48. The van der Waals surface area contributed by atoms with Crippen LogP contribution in [-0.4, -0.2) is 15.4 Å². The number of nitrogens with one attached hydrogen (secondary N) is 1. The van der Waals surface area contributed by atoms with E-state index >= 15 is 0 Å². The third-order valence-electron chi connectivity index (χ3n) is 2.21. The van der Waals surface area contributed by atoms with Crippen molar-refractivity contribution in [3.8, 4) is 0 Å². The molecule has 2 aromatic heterocycles. The lowest BCUT2D eigenvalue weighted by Crippen LogP contribution is -2.21. The van der Waals surface area contributed by atoms with Gasteiger partial charge < -0.3 is 9.72 Å². The minimum Gasteiger partial charge on any atom is -0.309 e. The van der Waals surface area contributed by atoms with Crippen molar-refractivity contribution in [1.82, 2.24) is 14.7 Å². The molecule has 0 atom stereocenters. The molecule has 0 radical (unpaired) electrons. The minimum absolute atomic E-state index is 0.434. The molecule has 1 N–H and O–H groups in total. The number of nitrogens with zero attached hydrogens (tertiary/aromatic N) is 2. The molecule has 0 saturated carbocycles. The largest absolute Gasteiger partial charge is 0.309 e. The van der Waals surface area contributed by atoms with Crippen LogP contribution in [0.4, 0.5) is 0 Å². The van der Waals surface area contributed by atoms with Crippen molar-refractivity contribution in [2.75, 3.05) is 0 Å². The number of hydrogen-bond donors (Lipinski definition) is 1. The van der Waals surface area contributed by atoms with Gasteiger partial charge in [0.15, 0.2) is 5.65 Å². The van der Waals surface area contributed by atoms with E-state index in [9.17, 15) is 0 Å². The molecule has 5 heteroatoms. The van der Waals surface area contributed by atoms with Gasteiger partial charge in [-0.1, -0.05) is 37.0 Å². The number of pyridine rings is 1. The summed E-state index contributed by atoms with van der Waals surface area (Å²) in [5.41, 5.74) is 1.70. The van der Waals surface area contributed by atoms with Crippen molar-refractivity contribution in [3.63, 3.8) is 0 Å². The van der Waals surface area contributed by atoms with Crippen molar-refractivity contribution in [2.45, 2.75) is 26.4 Å². The summed E-state index contributed by atoms with van der Waals surface area (Å²) in [6.45, 7) is 4.92. The molecule has 16 heavy (non-hydrogen) atoms. The van der Waals surface area contributed by atoms with Crippen LogP contribution in [0, 0.1) is 0 Å². The monoisotopic (exact) mass is 257 g/mol. The van der Waals surface area contributed by atoms with Gasteiger partial charge in [0.25, 0.3) is 0 Å². The Balaban J connectivity index is 2.33. The Labute approximate surface area is 104 Å². The van der Waals surface area contributed by atoms with Gasteiger partial charge in [-0.25, -0.2) is 4.98 Å². The Bertz CT molecular complexity index is 505. The molecule has 86 valence electrons. The van der Waals surface area contributed by atoms with Gasteiger partial charge in [0, 0.05) is 25.0 Å². The van der Waals surface area contributed by atoms with Crippen LogP contribution in [-0.2, 0) is 6.54 Å². The number of imidazole rings is 1. The second-order valence-corrected chi connectivity index (χ2v) is 4.85. The standard InChI is InChI=1S/C11H13Cl2N3/c1-7(2)14-4-9-6-16-5-8(12)3-10(13)11(16)15-9/h3,5-7,14H,4H2,1-2H3. The normalized spacial score (nSPS) is 11.6. The summed E-state index contributed by atoms with van der Waals surface area (Å²) in [5, 5.41) is 4.49. The van der Waals surface area contributed by atoms with E-state index in [1.54, 1.807) is 12.3 Å². The quantitative estimate of drug-likeness (QED) is 0.916. The predicted octanol–water partition coefficient (Wildman–Crippen LogP) is 3.14. The lowest BCUT2D eigenvalue weighted by atomic mass is 10.3. The summed E-state index contributed by atoms with van der Waals surface area (Å²) in [6, 6.07) is 2.13. The summed E-state index contributed by atoms with van der Waals surface area (Å²) in [5.74, 6) is 0. The first kappa shape index (κ1) is 11.7. The fourth-order valence-electron chi connectivity index (χ4n) is 1.47. The first-order chi connectivity index (χ1) is 7.56. The second kappa shape index (κ2) is 4.62. The molecule has 0 aromatic carbocycles. The number of rotatable bonds is 3. The first-order valence-corrected chi connectivity index (χ1v) is 5.88. The zero-order valence-electron chi connectivity index (χ0n) is 9.17. The van der Waals surface area contributed by atoms with Gasteiger partial charge in [0.05, 0.1) is 15.7 Å². The Morgan fingerprint density at radius 2 is 2.12 bits per heavy atom. The summed E-state index contributed by atoms with van der Waals surface area (Å²) >= 11 is 12.0. The van der Waals surface area contributed by atoms with E-state index in [4.69, 9.17) is 23.2 Å². The van der Waals surface area contributed by atoms with Crippen molar-refractivity contribution in [3.05, 3.63) is 34.2 Å². The lowest BCUT2D eigenvalue weighted by molar-refractivity contribution is 0.583. The van der Waals surface area contributed by atoms with Crippen molar-refractivity contribution in [1.29, 1.82) is 0 Å². The zero-order valence-corrected chi connectivity index (χ0v) is 10.7. The maximum absolute atomic E-state index is 6.05. The van der Waals surface area contributed by atoms with E-state index in [1.165, 1.54) is 0 Å². The Kier molecular flexibility index (Phi) is 3.38. The van der Waals surface area contributed by atoms with Crippen LogP contribution >= 0.6 is 23.2 Å². The van der Waals surface area contributed by atoms with Crippen LogP contribution in [0.5, 0.6) is 0 Å². The van der Waals surface area contributed by atoms with Gasteiger partial charge in [-0.05, 0) is 6.07 Å². The fourth-order valence-corrected chi connectivity index (χ4v) is 2.00. The third-order valence-corrected chi connectivity index (χ3v) is 2.70. The van der Waals surface area contributed by atoms with Crippen molar-refractivity contribution >= 4 is 28.8 Å². The fraction of sp³-hybridized carbons (Fsp3) is 0.364. The van der Waals surface area contributed by atoms with Crippen molar-refractivity contribution in [2.24, 2.45) is 0 Å². The first-order valence-electron chi connectivity index (χ1n) is 5.12. The lowest BCUT2D eigenvalue weighted by Gasteiger charge is -2.04. The van der Waals surface area contributed by atoms with Crippen LogP contribution in [0.3, 0.4) is 0 Å². The highest BCUT2D eigenvalue weighted by atomic mass is 35.5. The highest BCUT2D eigenvalue weighted by molar-refractivity contribution is 6.36. The average molecular weight is 258 g/mol. The van der Waals surface area contributed by atoms with Gasteiger partial charge in [0.1, 0.15) is 0 Å². The molecule has 0 spiro atoms. The molecule has 2 heterocycles. The van der Waals surface area contributed by atoms with E-state index < -0.39 is 0 Å². The molecule has 3 nitrogen and oxygen atoms in total. The molecular formula is C11H13Cl2N3. The van der Waals surface area contributed by atoms with E-state index in [-0.39, 0.29) is 0 Å². The topological polar surface area (TPSA) is 29.3 Å². The number of halogens is 2. The van der Waals surface area contributed by atoms with Crippen molar-refractivity contribution < 1.29 is 0 Å². The molecular weight excluding hydrogens is 245 g/mol. The molecule has 0 unspecified atom stereocenters. The summed E-state index contributed by atoms with van der Waals surface area (Å²) in [7, 11) is 0. The SMILES string of the molecule is CC(C)NCc1cn2cc(Cl)cc(Cl)c2n1. The van der Waals surface area contributed by atoms with Crippen LogP contribution < -0.4 is 5.32 Å². The molecule has 0 aliphatic heterocycles. The van der Waals surface area contributed by atoms with Crippen LogP contribution in [0.2, 0.25) is 10.0 Å². The van der Waals surface area contributed by atoms with E-state index in [0.29, 0.717) is 16.1 Å². The maximum atomic E-state index is 6.05. The van der Waals surface area contributed by atoms with Crippen LogP contribution in [0.1, 0.15) is 19.5 Å². The average Bonchev–Trinajstić information content (AvgIpc) is 2.57. The Morgan fingerprint density at radius 1 is 1.38 bits per heavy atom. The predicted molar refractivity (Wildman–Crippen MR) is 67.2 cm³/mol. The van der Waals surface area contributed by atoms with E-state index in [1.807, 2.05) is 10.6 Å². The summed E-state index contributed by atoms with van der Waals surface area (Å²) in [4.78, 5) is 4.44.